The second-order valence-corrected chi connectivity index (χ2v) is 2.82. The largest absolute Gasteiger partial charge is 0.379 e. The average molecular weight is 158 g/mol. The summed E-state index contributed by atoms with van der Waals surface area (Å²) in [5, 5.41) is 15.2. The van der Waals surface area contributed by atoms with E-state index in [0.29, 0.717) is 26.1 Å². The highest BCUT2D eigenvalue weighted by Gasteiger charge is 2.38. The zero-order valence-electron chi connectivity index (χ0n) is 6.68. The molecule has 11 heavy (non-hydrogen) atoms. The molecule has 1 amide bonds. The maximum Gasteiger partial charge on any atom is 0.253 e. The van der Waals surface area contributed by atoms with Gasteiger partial charge >= 0.3 is 0 Å². The molecule has 3 N–H and O–H groups in total. The molecule has 1 heterocycles. The summed E-state index contributed by atoms with van der Waals surface area (Å²) < 4.78 is 0. The molecule has 0 bridgehead atoms. The summed E-state index contributed by atoms with van der Waals surface area (Å²) in [6, 6.07) is 0. The van der Waals surface area contributed by atoms with Crippen LogP contribution in [0.3, 0.4) is 0 Å². The molecule has 0 aromatic rings. The average Bonchev–Trinajstić information content (AvgIpc) is 2.38. The van der Waals surface area contributed by atoms with E-state index in [2.05, 4.69) is 10.6 Å². The minimum Gasteiger partial charge on any atom is -0.379 e. The lowest BCUT2D eigenvalue weighted by Gasteiger charge is -2.19. The van der Waals surface area contributed by atoms with Crippen LogP contribution in [0.25, 0.3) is 0 Å². The van der Waals surface area contributed by atoms with Crippen molar-refractivity contribution in [1.29, 1.82) is 0 Å². The van der Waals surface area contributed by atoms with Crippen LogP contribution in [0.15, 0.2) is 0 Å². The van der Waals surface area contributed by atoms with E-state index in [-0.39, 0.29) is 5.91 Å². The number of aliphatic hydroxyl groups is 1. The SMILES string of the molecule is CCNC(=O)C1(O)CCNC1. The van der Waals surface area contributed by atoms with Gasteiger partial charge in [-0.05, 0) is 19.9 Å². The molecule has 64 valence electrons. The fourth-order valence-electron chi connectivity index (χ4n) is 1.20. The molecule has 0 aromatic carbocycles. The number of rotatable bonds is 2. The van der Waals surface area contributed by atoms with Crippen LogP contribution in [0.5, 0.6) is 0 Å². The van der Waals surface area contributed by atoms with Crippen LogP contribution in [-0.4, -0.2) is 36.2 Å². The lowest BCUT2D eigenvalue weighted by Crippen LogP contribution is -2.48. The number of likely N-dealkylation sites (N-methyl/N-ethyl adjacent to an activating group) is 1. The third kappa shape index (κ3) is 1.70. The molecule has 0 aliphatic carbocycles. The Morgan fingerprint density at radius 3 is 3.00 bits per heavy atom. The molecule has 1 unspecified atom stereocenters. The maximum atomic E-state index is 11.2. The molecule has 1 fully saturated rings. The number of carbonyl (C=O) groups is 1. The number of hydrogen-bond donors (Lipinski definition) is 3. The summed E-state index contributed by atoms with van der Waals surface area (Å²) in [4.78, 5) is 11.2. The van der Waals surface area contributed by atoms with E-state index in [1.807, 2.05) is 6.92 Å². The van der Waals surface area contributed by atoms with Gasteiger partial charge in [-0.3, -0.25) is 4.79 Å². The van der Waals surface area contributed by atoms with Crippen molar-refractivity contribution in [3.63, 3.8) is 0 Å². The smallest absolute Gasteiger partial charge is 0.253 e. The van der Waals surface area contributed by atoms with Crippen molar-refractivity contribution in [2.75, 3.05) is 19.6 Å². The van der Waals surface area contributed by atoms with E-state index in [1.165, 1.54) is 0 Å². The fourth-order valence-corrected chi connectivity index (χ4v) is 1.20. The van der Waals surface area contributed by atoms with E-state index >= 15 is 0 Å². The highest BCUT2D eigenvalue weighted by molar-refractivity contribution is 5.85. The standard InChI is InChI=1S/C7H14N2O2/c1-2-9-6(10)7(11)3-4-8-5-7/h8,11H,2-5H2,1H3,(H,9,10). The number of nitrogens with one attached hydrogen (secondary N) is 2. The third-order valence-corrected chi connectivity index (χ3v) is 1.89. The van der Waals surface area contributed by atoms with Crippen LogP contribution in [0.4, 0.5) is 0 Å². The molecular weight excluding hydrogens is 144 g/mol. The molecule has 1 aliphatic heterocycles. The molecule has 0 spiro atoms. The van der Waals surface area contributed by atoms with Gasteiger partial charge in [-0.1, -0.05) is 0 Å². The molecule has 1 aliphatic rings. The summed E-state index contributed by atoms with van der Waals surface area (Å²) >= 11 is 0. The lowest BCUT2D eigenvalue weighted by atomic mass is 10.0. The van der Waals surface area contributed by atoms with Gasteiger partial charge in [-0.15, -0.1) is 0 Å². The van der Waals surface area contributed by atoms with Crippen molar-refractivity contribution in [2.45, 2.75) is 18.9 Å². The Kier molecular flexibility index (Phi) is 2.46. The Balaban J connectivity index is 2.49. The van der Waals surface area contributed by atoms with Crippen LogP contribution in [0.1, 0.15) is 13.3 Å². The molecule has 0 saturated carbocycles. The fraction of sp³-hybridized carbons (Fsp3) is 0.857. The molecule has 0 radical (unpaired) electrons. The van der Waals surface area contributed by atoms with Gasteiger partial charge in [0.15, 0.2) is 5.60 Å². The van der Waals surface area contributed by atoms with Crippen molar-refractivity contribution in [3.8, 4) is 0 Å². The van der Waals surface area contributed by atoms with Crippen LogP contribution >= 0.6 is 0 Å². The first-order chi connectivity index (χ1) is 5.19. The zero-order valence-corrected chi connectivity index (χ0v) is 6.68. The molecule has 4 heteroatoms. The van der Waals surface area contributed by atoms with Crippen LogP contribution in [0, 0.1) is 0 Å². The van der Waals surface area contributed by atoms with Gasteiger partial charge in [0.25, 0.3) is 5.91 Å². The van der Waals surface area contributed by atoms with Gasteiger partial charge in [-0.2, -0.15) is 0 Å². The molecular formula is C7H14N2O2. The van der Waals surface area contributed by atoms with Crippen LogP contribution < -0.4 is 10.6 Å². The monoisotopic (exact) mass is 158 g/mol. The van der Waals surface area contributed by atoms with E-state index in [4.69, 9.17) is 0 Å². The van der Waals surface area contributed by atoms with Gasteiger partial charge in [0.1, 0.15) is 0 Å². The maximum absolute atomic E-state index is 11.2. The van der Waals surface area contributed by atoms with Crippen molar-refractivity contribution in [1.82, 2.24) is 10.6 Å². The number of carbonyl (C=O) groups excluding carboxylic acids is 1. The van der Waals surface area contributed by atoms with Gasteiger partial charge in [0.05, 0.1) is 0 Å². The van der Waals surface area contributed by atoms with Crippen molar-refractivity contribution in [2.24, 2.45) is 0 Å². The Morgan fingerprint density at radius 2 is 2.55 bits per heavy atom. The lowest BCUT2D eigenvalue weighted by molar-refractivity contribution is -0.137. The van der Waals surface area contributed by atoms with Gasteiger partial charge in [0.2, 0.25) is 0 Å². The molecule has 1 saturated heterocycles. The second-order valence-electron chi connectivity index (χ2n) is 2.82. The predicted molar refractivity (Wildman–Crippen MR) is 41.1 cm³/mol. The van der Waals surface area contributed by atoms with E-state index < -0.39 is 5.60 Å². The molecule has 1 rings (SSSR count). The second kappa shape index (κ2) is 3.19. The topological polar surface area (TPSA) is 61.4 Å². The minimum atomic E-state index is -1.16. The predicted octanol–water partition coefficient (Wildman–Crippen LogP) is -1.15. The molecule has 4 nitrogen and oxygen atoms in total. The Labute approximate surface area is 66.0 Å². The highest BCUT2D eigenvalue weighted by atomic mass is 16.3. The third-order valence-electron chi connectivity index (χ3n) is 1.89. The summed E-state index contributed by atoms with van der Waals surface area (Å²) in [6.45, 7) is 3.50. The first kappa shape index (κ1) is 8.49. The van der Waals surface area contributed by atoms with Crippen LogP contribution in [-0.2, 0) is 4.79 Å². The molecule has 1 atom stereocenters. The first-order valence-electron chi connectivity index (χ1n) is 3.90. The number of hydrogen-bond acceptors (Lipinski definition) is 3. The number of β-amino-alcohol motifs (C(OH)–C–C–N with tert-alkyl or cyclic N) is 1. The Bertz CT molecular complexity index is 153. The van der Waals surface area contributed by atoms with E-state index in [1.54, 1.807) is 0 Å². The zero-order chi connectivity index (χ0) is 8.32. The van der Waals surface area contributed by atoms with Crippen molar-refractivity contribution < 1.29 is 9.90 Å². The summed E-state index contributed by atoms with van der Waals surface area (Å²) in [5.41, 5.74) is -1.16. The van der Waals surface area contributed by atoms with E-state index in [9.17, 15) is 9.90 Å². The van der Waals surface area contributed by atoms with Gasteiger partial charge in [0, 0.05) is 13.1 Å². The van der Waals surface area contributed by atoms with Crippen molar-refractivity contribution >= 4 is 5.91 Å². The highest BCUT2D eigenvalue weighted by Crippen LogP contribution is 2.13. The Hall–Kier alpha value is -0.610. The van der Waals surface area contributed by atoms with E-state index in [0.717, 1.165) is 0 Å². The quantitative estimate of drug-likeness (QED) is 0.475. The summed E-state index contributed by atoms with van der Waals surface area (Å²) in [7, 11) is 0. The summed E-state index contributed by atoms with van der Waals surface area (Å²) in [5.74, 6) is -0.259. The Morgan fingerprint density at radius 1 is 1.82 bits per heavy atom. The van der Waals surface area contributed by atoms with Crippen LogP contribution in [0.2, 0.25) is 0 Å². The molecule has 0 aromatic heterocycles. The van der Waals surface area contributed by atoms with Gasteiger partial charge < -0.3 is 15.7 Å². The summed E-state index contributed by atoms with van der Waals surface area (Å²) in [6.07, 6.45) is 0.513. The van der Waals surface area contributed by atoms with Crippen molar-refractivity contribution in [3.05, 3.63) is 0 Å². The minimum absolute atomic E-state index is 0.259. The normalized spacial score (nSPS) is 30.4. The first-order valence-corrected chi connectivity index (χ1v) is 3.90. The number of amides is 1. The van der Waals surface area contributed by atoms with Gasteiger partial charge in [-0.25, -0.2) is 0 Å².